The van der Waals surface area contributed by atoms with Gasteiger partial charge in [0.25, 0.3) is 0 Å². The zero-order valence-electron chi connectivity index (χ0n) is 15.8. The van der Waals surface area contributed by atoms with Gasteiger partial charge in [-0.3, -0.25) is 9.78 Å². The Labute approximate surface area is 177 Å². The molecule has 27 heavy (non-hydrogen) atoms. The Hall–Kier alpha value is -1.07. The molecule has 1 N–H and O–H groups in total. The van der Waals surface area contributed by atoms with Crippen LogP contribution in [0.15, 0.2) is 35.4 Å². The van der Waals surface area contributed by atoms with Gasteiger partial charge in [-0.2, -0.15) is 0 Å². The lowest BCUT2D eigenvalue weighted by Gasteiger charge is -2.14. The summed E-state index contributed by atoms with van der Waals surface area (Å²) >= 11 is 8.26. The van der Waals surface area contributed by atoms with Crippen LogP contribution >= 0.6 is 35.8 Å². The smallest absolute Gasteiger partial charge is 0.181 e. The Morgan fingerprint density at radius 3 is 2.70 bits per heavy atom. The zero-order valence-corrected chi connectivity index (χ0v) is 18.1. The number of benzene rings is 1. The highest BCUT2D eigenvalue weighted by molar-refractivity contribution is 7.98. The van der Waals surface area contributed by atoms with Gasteiger partial charge in [-0.1, -0.05) is 37.6 Å². The summed E-state index contributed by atoms with van der Waals surface area (Å²) in [6.45, 7) is 6.11. The van der Waals surface area contributed by atoms with Gasteiger partial charge in [0.2, 0.25) is 0 Å². The Bertz CT molecular complexity index is 778. The van der Waals surface area contributed by atoms with E-state index in [1.54, 1.807) is 11.8 Å². The molecule has 0 aliphatic carbocycles. The molecule has 3 nitrogen and oxygen atoms in total. The van der Waals surface area contributed by atoms with E-state index >= 15 is 0 Å². The van der Waals surface area contributed by atoms with E-state index in [9.17, 15) is 4.79 Å². The largest absolute Gasteiger partial charge is 0.316 e. The molecule has 0 bridgehead atoms. The number of Topliss-reactive ketones (excluding diaryl/α,β-unsaturated/α-hetero) is 1. The van der Waals surface area contributed by atoms with Crippen molar-refractivity contribution in [3.8, 4) is 0 Å². The van der Waals surface area contributed by atoms with E-state index in [0.29, 0.717) is 18.0 Å². The van der Waals surface area contributed by atoms with Crippen LogP contribution in [-0.2, 0) is 18.6 Å². The molecule has 146 valence electrons. The maximum absolute atomic E-state index is 12.1. The SMILES string of the molecule is CC(C)CC(=O)c1ccc(CSc2c(Cl)ccc3c2CCNCC3)cn1.Cl. The number of fused-ring (bicyclic) bond motifs is 1. The average molecular weight is 425 g/mol. The van der Waals surface area contributed by atoms with Crippen molar-refractivity contribution in [1.29, 1.82) is 0 Å². The van der Waals surface area contributed by atoms with Crippen molar-refractivity contribution < 1.29 is 4.79 Å². The number of aromatic nitrogens is 1. The topological polar surface area (TPSA) is 42.0 Å². The van der Waals surface area contributed by atoms with E-state index < -0.39 is 0 Å². The molecular weight excluding hydrogens is 399 g/mol. The molecule has 0 fully saturated rings. The molecule has 3 rings (SSSR count). The molecule has 1 aliphatic heterocycles. The highest BCUT2D eigenvalue weighted by Gasteiger charge is 2.15. The van der Waals surface area contributed by atoms with E-state index in [-0.39, 0.29) is 18.2 Å². The number of pyridine rings is 1. The summed E-state index contributed by atoms with van der Waals surface area (Å²) in [5, 5.41) is 4.28. The number of halogens is 2. The third-order valence-corrected chi connectivity index (χ3v) is 6.18. The fourth-order valence-corrected chi connectivity index (χ4v) is 4.61. The quantitative estimate of drug-likeness (QED) is 0.499. The average Bonchev–Trinajstić information content (AvgIpc) is 2.86. The number of ketones is 1. The number of thioether (sulfide) groups is 1. The minimum atomic E-state index is 0. The minimum Gasteiger partial charge on any atom is -0.316 e. The van der Waals surface area contributed by atoms with E-state index in [1.165, 1.54) is 16.0 Å². The molecule has 2 aromatic rings. The Morgan fingerprint density at radius 2 is 2.00 bits per heavy atom. The molecule has 6 heteroatoms. The van der Waals surface area contributed by atoms with Gasteiger partial charge < -0.3 is 5.32 Å². The van der Waals surface area contributed by atoms with Gasteiger partial charge in [-0.05, 0) is 60.7 Å². The lowest BCUT2D eigenvalue weighted by atomic mass is 10.0. The van der Waals surface area contributed by atoms with Crippen molar-refractivity contribution in [3.63, 3.8) is 0 Å². The molecule has 2 heterocycles. The van der Waals surface area contributed by atoms with E-state index in [2.05, 4.69) is 16.4 Å². The molecule has 1 aromatic carbocycles. The number of hydrogen-bond donors (Lipinski definition) is 1. The predicted molar refractivity (Wildman–Crippen MR) is 117 cm³/mol. The fraction of sp³-hybridized carbons (Fsp3) is 0.429. The van der Waals surface area contributed by atoms with Gasteiger partial charge in [0.05, 0.1) is 5.02 Å². The number of hydrogen-bond acceptors (Lipinski definition) is 4. The molecule has 1 aromatic heterocycles. The Kier molecular flexibility index (Phi) is 8.62. The molecule has 0 spiro atoms. The molecule has 0 unspecified atom stereocenters. The first kappa shape index (κ1) is 22.2. The van der Waals surface area contributed by atoms with Crippen molar-refractivity contribution in [3.05, 3.63) is 57.9 Å². The Balaban J connectivity index is 0.00000261. The minimum absolute atomic E-state index is 0. The van der Waals surface area contributed by atoms with Crippen LogP contribution in [0.1, 0.15) is 47.4 Å². The van der Waals surface area contributed by atoms with Gasteiger partial charge in [-0.15, -0.1) is 24.2 Å². The predicted octanol–water partition coefficient (Wildman–Crippen LogP) is 5.37. The maximum Gasteiger partial charge on any atom is 0.181 e. The maximum atomic E-state index is 12.1. The molecule has 0 atom stereocenters. The van der Waals surface area contributed by atoms with Crippen LogP contribution in [-0.4, -0.2) is 23.9 Å². The van der Waals surface area contributed by atoms with Crippen molar-refractivity contribution in [2.75, 3.05) is 13.1 Å². The molecule has 0 saturated heterocycles. The second-order valence-corrected chi connectivity index (χ2v) is 8.52. The normalized spacial score (nSPS) is 13.6. The monoisotopic (exact) mass is 424 g/mol. The van der Waals surface area contributed by atoms with Crippen LogP contribution in [0.4, 0.5) is 0 Å². The summed E-state index contributed by atoms with van der Waals surface area (Å²) < 4.78 is 0. The fourth-order valence-electron chi connectivity index (χ4n) is 3.17. The number of nitrogens with zero attached hydrogens (tertiary/aromatic N) is 1. The van der Waals surface area contributed by atoms with Crippen molar-refractivity contribution >= 4 is 41.6 Å². The van der Waals surface area contributed by atoms with Gasteiger partial charge in [0, 0.05) is 23.3 Å². The van der Waals surface area contributed by atoms with Crippen LogP contribution in [0.25, 0.3) is 0 Å². The van der Waals surface area contributed by atoms with Crippen LogP contribution < -0.4 is 5.32 Å². The van der Waals surface area contributed by atoms with Crippen LogP contribution in [0.2, 0.25) is 5.02 Å². The molecule has 0 radical (unpaired) electrons. The molecule has 0 saturated carbocycles. The highest BCUT2D eigenvalue weighted by Crippen LogP contribution is 2.35. The van der Waals surface area contributed by atoms with Crippen molar-refractivity contribution in [2.24, 2.45) is 5.92 Å². The van der Waals surface area contributed by atoms with E-state index in [4.69, 9.17) is 11.6 Å². The zero-order chi connectivity index (χ0) is 18.5. The molecule has 1 aliphatic rings. The highest BCUT2D eigenvalue weighted by atomic mass is 35.5. The first-order chi connectivity index (χ1) is 12.5. The Morgan fingerprint density at radius 1 is 1.22 bits per heavy atom. The van der Waals surface area contributed by atoms with E-state index in [1.807, 2.05) is 38.2 Å². The lowest BCUT2D eigenvalue weighted by Crippen LogP contribution is -2.16. The van der Waals surface area contributed by atoms with Crippen molar-refractivity contribution in [2.45, 2.75) is 43.8 Å². The third kappa shape index (κ3) is 5.95. The summed E-state index contributed by atoms with van der Waals surface area (Å²) in [6.07, 6.45) is 4.42. The summed E-state index contributed by atoms with van der Waals surface area (Å²) in [4.78, 5) is 17.6. The van der Waals surface area contributed by atoms with Crippen molar-refractivity contribution in [1.82, 2.24) is 10.3 Å². The van der Waals surface area contributed by atoms with E-state index in [0.717, 1.165) is 42.3 Å². The summed E-state index contributed by atoms with van der Waals surface area (Å²) in [7, 11) is 0. The summed E-state index contributed by atoms with van der Waals surface area (Å²) in [5.74, 6) is 1.27. The first-order valence-electron chi connectivity index (χ1n) is 9.16. The first-order valence-corrected chi connectivity index (χ1v) is 10.5. The van der Waals surface area contributed by atoms with Crippen LogP contribution in [0, 0.1) is 5.92 Å². The third-order valence-electron chi connectivity index (χ3n) is 4.52. The molecular formula is C21H26Cl2N2OS. The van der Waals surface area contributed by atoms with Gasteiger partial charge >= 0.3 is 0 Å². The number of nitrogens with one attached hydrogen (secondary N) is 1. The number of rotatable bonds is 6. The second-order valence-electron chi connectivity index (χ2n) is 7.13. The van der Waals surface area contributed by atoms with Crippen LogP contribution in [0.5, 0.6) is 0 Å². The van der Waals surface area contributed by atoms with Gasteiger partial charge in [0.15, 0.2) is 5.78 Å². The second kappa shape index (κ2) is 10.5. The van der Waals surface area contributed by atoms with Gasteiger partial charge in [0.1, 0.15) is 5.69 Å². The lowest BCUT2D eigenvalue weighted by molar-refractivity contribution is 0.0963. The standard InChI is InChI=1S/C21H25ClN2OS.ClH/c1-14(2)11-20(25)19-6-3-15(12-24-19)13-26-21-17-8-10-23-9-7-16(17)4-5-18(21)22;/h3-6,12,14,23H,7-11,13H2,1-2H3;1H. The number of carbonyl (C=O) groups is 1. The van der Waals surface area contributed by atoms with Gasteiger partial charge in [-0.25, -0.2) is 0 Å². The molecule has 0 amide bonds. The number of carbonyl (C=O) groups excluding carboxylic acids is 1. The van der Waals surface area contributed by atoms with Crippen LogP contribution in [0.3, 0.4) is 0 Å². The summed E-state index contributed by atoms with van der Waals surface area (Å²) in [6, 6.07) is 8.02. The summed E-state index contributed by atoms with van der Waals surface area (Å²) in [5.41, 5.74) is 4.44.